The van der Waals surface area contributed by atoms with Gasteiger partial charge in [0.15, 0.2) is 0 Å². The molecule has 3 unspecified atom stereocenters. The number of aryl methyl sites for hydroxylation is 1. The summed E-state index contributed by atoms with van der Waals surface area (Å²) in [4.78, 5) is 38.4. The number of aromatic nitrogens is 8. The average molecular weight is 916 g/mol. The van der Waals surface area contributed by atoms with Gasteiger partial charge in [0.2, 0.25) is 0 Å². The SMILES string of the molecule is Cc1ccc2c(c1)-c1nc-2nc2[n-]c(nc3nc(nc4[n-]c(n1)c1c4C=CC(C)(S(=O)(=O)O)C=C1)C1=C3C=CC(C)(S(=O)(=O)O)C=C1)c1c2C=CC(C)(S(=O)(=O)O)C=C1.[Zn+2]. The summed E-state index contributed by atoms with van der Waals surface area (Å²) in [7, 11) is -14.0. The maximum absolute atomic E-state index is 12.6. The van der Waals surface area contributed by atoms with Crippen LogP contribution in [0.25, 0.3) is 80.8 Å². The summed E-state index contributed by atoms with van der Waals surface area (Å²) in [6.45, 7) is 5.81. The Morgan fingerprint density at radius 2 is 0.783 bits per heavy atom. The minimum absolute atomic E-state index is 0. The van der Waals surface area contributed by atoms with Crippen molar-refractivity contribution in [3.05, 3.63) is 106 Å². The van der Waals surface area contributed by atoms with Gasteiger partial charge in [-0.3, -0.25) is 13.7 Å². The fourth-order valence-corrected chi connectivity index (χ4v) is 8.33. The Labute approximate surface area is 355 Å². The van der Waals surface area contributed by atoms with Crippen molar-refractivity contribution in [2.24, 2.45) is 0 Å². The summed E-state index contributed by atoms with van der Waals surface area (Å²) >= 11 is 0. The number of rotatable bonds is 3. The van der Waals surface area contributed by atoms with Crippen molar-refractivity contribution in [1.29, 1.82) is 0 Å². The number of hydrogen-bond donors (Lipinski definition) is 3. The normalized spacial score (nSPS) is 22.9. The van der Waals surface area contributed by atoms with Crippen molar-refractivity contribution >= 4 is 88.4 Å². The van der Waals surface area contributed by atoms with Crippen LogP contribution in [0.1, 0.15) is 60.2 Å². The molecular formula is C39H30N8O9S3Zn. The first-order valence-electron chi connectivity index (χ1n) is 17.7. The first-order valence-corrected chi connectivity index (χ1v) is 22.0. The second-order valence-corrected chi connectivity index (χ2v) is 20.5. The van der Waals surface area contributed by atoms with Crippen molar-refractivity contribution in [2.75, 3.05) is 0 Å². The van der Waals surface area contributed by atoms with E-state index >= 15 is 0 Å². The molecule has 0 fully saturated rings. The molecule has 0 radical (unpaired) electrons. The number of fused-ring (bicyclic) bond motifs is 19. The van der Waals surface area contributed by atoms with Gasteiger partial charge in [0.25, 0.3) is 30.4 Å². The van der Waals surface area contributed by atoms with E-state index in [1.165, 1.54) is 93.7 Å². The molecule has 5 heterocycles. The topological polar surface area (TPSA) is 269 Å². The van der Waals surface area contributed by atoms with E-state index in [1.54, 1.807) is 0 Å². The van der Waals surface area contributed by atoms with E-state index < -0.39 is 44.6 Å². The zero-order valence-corrected chi connectivity index (χ0v) is 37.4. The zero-order chi connectivity index (χ0) is 42.1. The monoisotopic (exact) mass is 914 g/mol. The van der Waals surface area contributed by atoms with Crippen LogP contribution in [0.4, 0.5) is 0 Å². The molecule has 5 aliphatic rings. The molecule has 2 aliphatic heterocycles. The van der Waals surface area contributed by atoms with E-state index in [0.717, 1.165) is 5.56 Å². The van der Waals surface area contributed by atoms with Gasteiger partial charge in [-0.15, -0.1) is 0 Å². The van der Waals surface area contributed by atoms with E-state index in [9.17, 15) is 38.9 Å². The van der Waals surface area contributed by atoms with Gasteiger partial charge in [-0.25, -0.2) is 9.97 Å². The van der Waals surface area contributed by atoms with Crippen LogP contribution in [0.3, 0.4) is 0 Å². The Balaban J connectivity index is 0.00000499. The molecule has 0 saturated carbocycles. The standard InChI is InChI=1S/C39H30N8O9S3.Zn/c1-20-5-6-21-28(19-20)36-46-29(21)40-30-22-7-13-37(2,57(48,49)50)14-8-23(22)31(41-30)42-32-24-9-15-38(3,58(51,52)53)16-10-25(24)33(43-32)44-34-26-11-17-39(4,59(54,55)56)18-12-27(26)35(45-34)47-36;/h5-19H,1-4H3,(H3-2,40,41,42,43,44,45,46,47,48,49,50,51,52,53,54,55,56);/q-2;+2. The van der Waals surface area contributed by atoms with Crippen molar-refractivity contribution in [1.82, 2.24) is 39.9 Å². The van der Waals surface area contributed by atoms with Crippen molar-refractivity contribution in [3.8, 4) is 22.8 Å². The van der Waals surface area contributed by atoms with Gasteiger partial charge < -0.3 is 29.9 Å². The van der Waals surface area contributed by atoms with E-state index in [0.29, 0.717) is 33.4 Å². The molecule has 0 spiro atoms. The summed E-state index contributed by atoms with van der Waals surface area (Å²) in [5, 5.41) is 0. The minimum Gasteiger partial charge on any atom is -0.357 e. The van der Waals surface area contributed by atoms with E-state index in [4.69, 9.17) is 39.9 Å². The number of benzene rings is 1. The molecule has 3 N–H and O–H groups in total. The predicted molar refractivity (Wildman–Crippen MR) is 220 cm³/mol. The Bertz CT molecular complexity index is 3380. The molecule has 60 heavy (non-hydrogen) atoms. The zero-order valence-electron chi connectivity index (χ0n) is 32.0. The maximum atomic E-state index is 12.6. The molecule has 3 aliphatic carbocycles. The third kappa shape index (κ3) is 6.51. The molecule has 1 aromatic carbocycles. The number of nitrogens with zero attached hydrogens (tertiary/aromatic N) is 8. The van der Waals surface area contributed by atoms with Gasteiger partial charge in [0.1, 0.15) is 14.2 Å². The van der Waals surface area contributed by atoms with Crippen LogP contribution >= 0.6 is 0 Å². The largest absolute Gasteiger partial charge is 2.00 e. The summed E-state index contributed by atoms with van der Waals surface area (Å²) in [5.74, 6) is 0.361. The molecule has 300 valence electrons. The van der Waals surface area contributed by atoms with Crippen LogP contribution in [-0.4, -0.2) is 83.1 Å². The first kappa shape index (κ1) is 41.3. The van der Waals surface area contributed by atoms with E-state index in [2.05, 4.69) is 0 Å². The van der Waals surface area contributed by atoms with Crippen LogP contribution in [0.15, 0.2) is 66.8 Å². The van der Waals surface area contributed by atoms with Gasteiger partial charge in [-0.1, -0.05) is 90.6 Å². The second-order valence-electron chi connectivity index (χ2n) is 15.0. The van der Waals surface area contributed by atoms with Crippen molar-refractivity contribution in [2.45, 2.75) is 41.9 Å². The van der Waals surface area contributed by atoms with Crippen LogP contribution in [0.2, 0.25) is 0 Å². The molecular weight excluding hydrogens is 886 g/mol. The molecule has 0 saturated heterocycles. The molecule has 3 aromatic heterocycles. The fourth-order valence-electron chi connectivity index (χ4n) is 6.89. The predicted octanol–water partition coefficient (Wildman–Crippen LogP) is 4.85. The molecule has 8 bridgehead atoms. The van der Waals surface area contributed by atoms with Gasteiger partial charge in [-0.2, -0.15) is 25.3 Å². The first-order chi connectivity index (χ1) is 27.6. The van der Waals surface area contributed by atoms with Crippen LogP contribution in [0.5, 0.6) is 0 Å². The van der Waals surface area contributed by atoms with Crippen LogP contribution in [-0.2, 0) is 49.8 Å². The Morgan fingerprint density at radius 1 is 0.467 bits per heavy atom. The van der Waals surface area contributed by atoms with E-state index in [-0.39, 0.29) is 76.5 Å². The quantitative estimate of drug-likeness (QED) is 0.161. The summed E-state index contributed by atoms with van der Waals surface area (Å²) < 4.78 is 100. The minimum atomic E-state index is -4.68. The Hall–Kier alpha value is -5.41. The molecule has 9 rings (SSSR count). The molecule has 4 aromatic rings. The Morgan fingerprint density at radius 3 is 1.15 bits per heavy atom. The van der Waals surface area contributed by atoms with E-state index in [1.807, 2.05) is 25.1 Å². The third-order valence-electron chi connectivity index (χ3n) is 10.8. The van der Waals surface area contributed by atoms with Crippen LogP contribution < -0.4 is 9.97 Å². The summed E-state index contributed by atoms with van der Waals surface area (Å²) in [6, 6.07) is 5.53. The Kier molecular flexibility index (Phi) is 9.33. The second kappa shape index (κ2) is 13.6. The fraction of sp³-hybridized carbons (Fsp3) is 0.179. The number of hydrogen-bond acceptors (Lipinski definition) is 12. The van der Waals surface area contributed by atoms with Crippen molar-refractivity contribution < 1.29 is 58.4 Å². The van der Waals surface area contributed by atoms with Crippen molar-refractivity contribution in [3.63, 3.8) is 0 Å². The molecule has 0 amide bonds. The summed E-state index contributed by atoms with van der Waals surface area (Å²) in [6.07, 6.45) is 16.4. The van der Waals surface area contributed by atoms with Gasteiger partial charge >= 0.3 is 19.5 Å². The van der Waals surface area contributed by atoms with Gasteiger partial charge in [0.05, 0.1) is 23.3 Å². The molecule has 21 heteroatoms. The summed E-state index contributed by atoms with van der Waals surface area (Å²) in [5.41, 5.74) is 4.07. The number of allylic oxidation sites excluding steroid dienone is 4. The van der Waals surface area contributed by atoms with Crippen LogP contribution in [0, 0.1) is 6.92 Å². The smallest absolute Gasteiger partial charge is 0.357 e. The third-order valence-corrected chi connectivity index (χ3v) is 15.0. The van der Waals surface area contributed by atoms with Gasteiger partial charge in [0, 0.05) is 44.9 Å². The average Bonchev–Trinajstić information content (AvgIpc) is 3.70. The molecule has 3 atom stereocenters. The maximum Gasteiger partial charge on any atom is 2.00 e. The molecule has 17 nitrogen and oxygen atoms in total. The van der Waals surface area contributed by atoms with Gasteiger partial charge in [-0.05, 0) is 56.0 Å².